The number of rotatable bonds is 6. The summed E-state index contributed by atoms with van der Waals surface area (Å²) in [4.78, 5) is 7.79. The van der Waals surface area contributed by atoms with Gasteiger partial charge in [0.05, 0.1) is 16.4 Å². The summed E-state index contributed by atoms with van der Waals surface area (Å²) < 4.78 is 1.32. The molecule has 3 aliphatic rings. The number of benzene rings is 8. The van der Waals surface area contributed by atoms with Crippen molar-refractivity contribution in [3.63, 3.8) is 0 Å². The smallest absolute Gasteiger partial charge is 0.254 e. The van der Waals surface area contributed by atoms with Crippen LogP contribution in [0.3, 0.4) is 0 Å². The van der Waals surface area contributed by atoms with E-state index in [4.69, 9.17) is 0 Å². The molecule has 5 heteroatoms. The molecule has 8 aromatic carbocycles. The predicted octanol–water partition coefficient (Wildman–Crippen LogP) is 17.4. The van der Waals surface area contributed by atoms with Gasteiger partial charge in [-0.05, 0) is 164 Å². The van der Waals surface area contributed by atoms with E-state index in [1.54, 1.807) is 0 Å². The molecule has 0 saturated heterocycles. The van der Waals surface area contributed by atoms with Crippen LogP contribution in [0.5, 0.6) is 0 Å². The Bertz CT molecular complexity index is 3520. The molecule has 1 aliphatic carbocycles. The highest BCUT2D eigenvalue weighted by atomic mass is 32.1. The van der Waals surface area contributed by atoms with E-state index in [0.717, 1.165) is 29.9 Å². The largest absolute Gasteiger partial charge is 0.311 e. The molecular formula is C67H66BN3S. The lowest BCUT2D eigenvalue weighted by Crippen LogP contribution is -2.61. The fourth-order valence-corrected chi connectivity index (χ4v) is 13.3. The molecular weight excluding hydrogens is 890 g/mol. The van der Waals surface area contributed by atoms with E-state index in [9.17, 15) is 0 Å². The SMILES string of the molecule is Cc1ccc2sc3c(c2c1)B1c2cc4c(cc2N(c2ccc(C(C)(C)C)cc2-c2ccccc2)c2cc(N(c5ccccc5)c5ccccc5)cc(c21)N3c1ccc(C(C)(C)C)cc1)C(C)(C)CCC4(C)C. The number of hydrogen-bond donors (Lipinski definition) is 0. The van der Waals surface area contributed by atoms with Gasteiger partial charge < -0.3 is 14.7 Å². The molecule has 0 bridgehead atoms. The zero-order chi connectivity index (χ0) is 50.1. The Morgan fingerprint density at radius 1 is 0.500 bits per heavy atom. The summed E-state index contributed by atoms with van der Waals surface area (Å²) in [5, 5.41) is 2.64. The van der Waals surface area contributed by atoms with Gasteiger partial charge in [0.1, 0.15) is 0 Å². The van der Waals surface area contributed by atoms with E-state index in [1.165, 1.54) is 98.9 Å². The molecule has 0 fully saturated rings. The zero-order valence-corrected chi connectivity index (χ0v) is 44.8. The van der Waals surface area contributed by atoms with E-state index >= 15 is 0 Å². The second-order valence-electron chi connectivity index (χ2n) is 24.2. The lowest BCUT2D eigenvalue weighted by atomic mass is 9.33. The van der Waals surface area contributed by atoms with Crippen LogP contribution in [0.15, 0.2) is 176 Å². The summed E-state index contributed by atoms with van der Waals surface area (Å²) in [6, 6.07) is 67.3. The van der Waals surface area contributed by atoms with Crippen LogP contribution in [0, 0.1) is 6.92 Å². The maximum Gasteiger partial charge on any atom is 0.254 e. The van der Waals surface area contributed by atoms with E-state index in [1.807, 2.05) is 11.3 Å². The Morgan fingerprint density at radius 3 is 1.65 bits per heavy atom. The topological polar surface area (TPSA) is 9.72 Å². The maximum atomic E-state index is 2.70. The van der Waals surface area contributed by atoms with Gasteiger partial charge in [-0.15, -0.1) is 11.3 Å². The van der Waals surface area contributed by atoms with Crippen LogP contribution in [0.1, 0.15) is 110 Å². The van der Waals surface area contributed by atoms with Crippen molar-refractivity contribution in [1.29, 1.82) is 0 Å². The minimum atomic E-state index is -0.0514. The first-order valence-corrected chi connectivity index (χ1v) is 26.9. The number of aryl methyl sites for hydroxylation is 1. The number of nitrogens with zero attached hydrogens (tertiary/aromatic N) is 3. The van der Waals surface area contributed by atoms with Crippen LogP contribution in [0.25, 0.3) is 21.2 Å². The summed E-state index contributed by atoms with van der Waals surface area (Å²) >= 11 is 1.94. The van der Waals surface area contributed by atoms with Crippen LogP contribution in [-0.4, -0.2) is 6.71 Å². The van der Waals surface area contributed by atoms with Crippen molar-refractivity contribution in [2.75, 3.05) is 14.7 Å². The number of hydrogen-bond acceptors (Lipinski definition) is 4. The van der Waals surface area contributed by atoms with Gasteiger partial charge in [-0.2, -0.15) is 0 Å². The highest BCUT2D eigenvalue weighted by Gasteiger charge is 2.48. The molecule has 0 amide bonds. The Balaban J connectivity index is 1.27. The van der Waals surface area contributed by atoms with Gasteiger partial charge >= 0.3 is 0 Å². The molecule has 0 saturated carbocycles. The third-order valence-electron chi connectivity index (χ3n) is 16.3. The normalized spacial score (nSPS) is 15.5. The third kappa shape index (κ3) is 7.53. The van der Waals surface area contributed by atoms with E-state index in [0.29, 0.717) is 0 Å². The molecule has 3 nitrogen and oxygen atoms in total. The Morgan fingerprint density at radius 2 is 1.06 bits per heavy atom. The Labute approximate surface area is 432 Å². The van der Waals surface area contributed by atoms with Crippen molar-refractivity contribution in [2.45, 2.75) is 111 Å². The lowest BCUT2D eigenvalue weighted by Gasteiger charge is -2.47. The molecule has 3 heterocycles. The van der Waals surface area contributed by atoms with Crippen molar-refractivity contribution >= 4 is 95.0 Å². The van der Waals surface area contributed by atoms with E-state index < -0.39 is 0 Å². The van der Waals surface area contributed by atoms with Crippen molar-refractivity contribution < 1.29 is 0 Å². The molecule has 1 aromatic heterocycles. The minimum Gasteiger partial charge on any atom is -0.311 e. The molecule has 2 aliphatic heterocycles. The van der Waals surface area contributed by atoms with Gasteiger partial charge in [0.15, 0.2) is 0 Å². The van der Waals surface area contributed by atoms with Gasteiger partial charge in [0, 0.05) is 44.4 Å². The summed E-state index contributed by atoms with van der Waals surface area (Å²) in [7, 11) is 0. The van der Waals surface area contributed by atoms with Crippen molar-refractivity contribution in [1.82, 2.24) is 0 Å². The Kier molecular flexibility index (Phi) is 10.7. The fraction of sp³-hybridized carbons (Fsp3) is 0.254. The van der Waals surface area contributed by atoms with E-state index in [2.05, 4.69) is 267 Å². The van der Waals surface area contributed by atoms with Gasteiger partial charge in [-0.25, -0.2) is 0 Å². The van der Waals surface area contributed by atoms with Gasteiger partial charge in [-0.1, -0.05) is 178 Å². The molecule has 0 N–H and O–H groups in total. The first kappa shape index (κ1) is 46.3. The monoisotopic (exact) mass is 956 g/mol. The average molecular weight is 956 g/mol. The van der Waals surface area contributed by atoms with Gasteiger partial charge in [0.25, 0.3) is 6.71 Å². The van der Waals surface area contributed by atoms with Gasteiger partial charge in [-0.3, -0.25) is 0 Å². The minimum absolute atomic E-state index is 0.00542. The van der Waals surface area contributed by atoms with Crippen LogP contribution in [-0.2, 0) is 21.7 Å². The first-order chi connectivity index (χ1) is 34.4. The third-order valence-corrected chi connectivity index (χ3v) is 17.4. The van der Waals surface area contributed by atoms with E-state index in [-0.39, 0.29) is 28.4 Å². The fourth-order valence-electron chi connectivity index (χ4n) is 12.1. The van der Waals surface area contributed by atoms with Crippen LogP contribution in [0.2, 0.25) is 0 Å². The second-order valence-corrected chi connectivity index (χ2v) is 25.2. The number of anilines is 9. The molecule has 0 unspecified atom stereocenters. The zero-order valence-electron chi connectivity index (χ0n) is 44.0. The van der Waals surface area contributed by atoms with Gasteiger partial charge in [0.2, 0.25) is 0 Å². The predicted molar refractivity (Wildman–Crippen MR) is 313 cm³/mol. The summed E-state index contributed by atoms with van der Waals surface area (Å²) in [5.74, 6) is 0. The molecule has 0 radical (unpaired) electrons. The molecule has 0 atom stereocenters. The lowest BCUT2D eigenvalue weighted by molar-refractivity contribution is 0.332. The summed E-state index contributed by atoms with van der Waals surface area (Å²) in [6.45, 7) is 26.1. The Hall–Kier alpha value is -6.82. The quantitative estimate of drug-likeness (QED) is 0.154. The van der Waals surface area contributed by atoms with Crippen LogP contribution in [0.4, 0.5) is 50.5 Å². The maximum absolute atomic E-state index is 2.70. The molecule has 72 heavy (non-hydrogen) atoms. The number of para-hydroxylation sites is 2. The molecule has 9 aromatic rings. The molecule has 358 valence electrons. The number of thiophene rings is 1. The standard InChI is InChI=1S/C67H66BN3S/c1-43-27-34-60-52(37-43)61-63(72-60)70(49-31-28-45(29-32-49)64(2,3)4)58-39-50(69(47-23-17-13-18-24-47)48-25-19-14-20-26-48)40-59-62(58)68(61)55-41-53-54(67(10,11)36-35-66(53,8)9)42-57(55)71(59)56-33-30-46(65(5,6)7)38-51(56)44-21-15-12-16-22-44/h12-34,37-42H,35-36H2,1-11H3. The second kappa shape index (κ2) is 16.6. The summed E-state index contributed by atoms with van der Waals surface area (Å²) in [5.41, 5.74) is 22.8. The molecule has 12 rings (SSSR count). The van der Waals surface area contributed by atoms with Crippen molar-refractivity contribution in [3.05, 3.63) is 204 Å². The highest BCUT2D eigenvalue weighted by Crippen LogP contribution is 2.54. The molecule has 0 spiro atoms. The first-order valence-electron chi connectivity index (χ1n) is 26.1. The van der Waals surface area contributed by atoms with Crippen molar-refractivity contribution in [3.8, 4) is 11.1 Å². The number of fused-ring (bicyclic) bond motifs is 7. The average Bonchev–Trinajstić information content (AvgIpc) is 3.73. The van der Waals surface area contributed by atoms with Crippen LogP contribution < -0.4 is 31.1 Å². The highest BCUT2D eigenvalue weighted by molar-refractivity contribution is 7.26. The van der Waals surface area contributed by atoms with Crippen molar-refractivity contribution in [2.24, 2.45) is 0 Å². The summed E-state index contributed by atoms with van der Waals surface area (Å²) in [6.07, 6.45) is 2.29. The van der Waals surface area contributed by atoms with Crippen LogP contribution >= 0.6 is 11.3 Å².